The van der Waals surface area contributed by atoms with Crippen molar-refractivity contribution in [2.45, 2.75) is 0 Å². The van der Waals surface area contributed by atoms with Crippen molar-refractivity contribution >= 4 is 86.7 Å². The molecule has 0 unspecified atom stereocenters. The van der Waals surface area contributed by atoms with Crippen LogP contribution in [0.15, 0.2) is 170 Å². The Hall–Kier alpha value is -6.60. The summed E-state index contributed by atoms with van der Waals surface area (Å²) in [5.41, 5.74) is 11.8. The lowest BCUT2D eigenvalue weighted by Gasteiger charge is -2.28. The van der Waals surface area contributed by atoms with Crippen molar-refractivity contribution in [2.75, 3.05) is 4.90 Å². The summed E-state index contributed by atoms with van der Waals surface area (Å²) in [6.07, 6.45) is 0. The Balaban J connectivity index is 1.30. The second-order valence-electron chi connectivity index (χ2n) is 13.2. The summed E-state index contributed by atoms with van der Waals surface area (Å²) in [7, 11) is 0. The number of benzene rings is 7. The van der Waals surface area contributed by atoms with Crippen LogP contribution < -0.4 is 4.90 Å². The van der Waals surface area contributed by atoms with Gasteiger partial charge in [0, 0.05) is 42.7 Å². The molecule has 0 aliphatic heterocycles. The molecular weight excluding hydrogens is 637 g/mol. The molecular formula is C48H28N2S. The molecule has 236 valence electrons. The van der Waals surface area contributed by atoms with Crippen molar-refractivity contribution < 1.29 is 0 Å². The summed E-state index contributed by atoms with van der Waals surface area (Å²) in [4.78, 5) is 2.51. The molecule has 0 N–H and O–H groups in total. The molecule has 8 aromatic carbocycles. The fourth-order valence-electron chi connectivity index (χ4n) is 8.21. The number of para-hydroxylation sites is 2. The standard InChI is InChI=1S/C48H28N2S/c1-3-14-31(15-4-1)33-28-34(32-16-5-2-6-17-32)30-35(29-33)49(43-25-13-27-45-47(43)38-19-8-10-26-44(38)51-45)41-23-12-24-42-46(41)39-21-11-20-37-36-18-7-9-22-40(36)50(42)48(37)39/h1-9,11-25,27-30H. The summed E-state index contributed by atoms with van der Waals surface area (Å²) in [5, 5.41) is 7.50. The number of hydrogen-bond acceptors (Lipinski definition) is 2. The molecule has 0 spiro atoms. The Kier molecular flexibility index (Phi) is 6.07. The minimum absolute atomic E-state index is 1.11. The van der Waals surface area contributed by atoms with Crippen molar-refractivity contribution in [3.63, 3.8) is 0 Å². The summed E-state index contributed by atoms with van der Waals surface area (Å²) in [6, 6.07) is 68.4. The van der Waals surface area contributed by atoms with Gasteiger partial charge in [-0.1, -0.05) is 121 Å². The Morgan fingerprint density at radius 3 is 1.88 bits per heavy atom. The second-order valence-corrected chi connectivity index (χ2v) is 14.2. The lowest BCUT2D eigenvalue weighted by Crippen LogP contribution is -2.11. The number of anilines is 3. The highest BCUT2D eigenvalue weighted by molar-refractivity contribution is 7.25. The van der Waals surface area contributed by atoms with Gasteiger partial charge < -0.3 is 9.30 Å². The maximum absolute atomic E-state index is 3.40. The molecule has 0 aliphatic carbocycles. The molecule has 0 radical (unpaired) electrons. The number of rotatable bonds is 5. The Labute approximate surface area is 299 Å². The van der Waals surface area contributed by atoms with Gasteiger partial charge in [-0.3, -0.25) is 0 Å². The van der Waals surface area contributed by atoms with Crippen LogP contribution in [0, 0.1) is 12.1 Å². The minimum Gasteiger partial charge on any atom is -0.309 e. The van der Waals surface area contributed by atoms with Crippen molar-refractivity contribution in [1.29, 1.82) is 0 Å². The van der Waals surface area contributed by atoms with Gasteiger partial charge in [0.15, 0.2) is 0 Å². The molecule has 51 heavy (non-hydrogen) atoms. The monoisotopic (exact) mass is 664 g/mol. The van der Waals surface area contributed by atoms with Gasteiger partial charge >= 0.3 is 0 Å². The number of hydrogen-bond donors (Lipinski definition) is 0. The van der Waals surface area contributed by atoms with E-state index in [0.29, 0.717) is 0 Å². The molecule has 2 nitrogen and oxygen atoms in total. The van der Waals surface area contributed by atoms with E-state index < -0.39 is 0 Å². The first kappa shape index (κ1) is 28.3. The molecule has 3 heteroatoms. The normalized spacial score (nSPS) is 11.8. The second kappa shape index (κ2) is 11.0. The largest absolute Gasteiger partial charge is 0.309 e. The van der Waals surface area contributed by atoms with Gasteiger partial charge in [0.05, 0.1) is 32.6 Å². The van der Waals surface area contributed by atoms with E-state index in [2.05, 4.69) is 185 Å². The molecule has 0 bridgehead atoms. The van der Waals surface area contributed by atoms with Crippen molar-refractivity contribution in [1.82, 2.24) is 4.40 Å². The number of nitrogens with zero attached hydrogens (tertiary/aromatic N) is 2. The van der Waals surface area contributed by atoms with Crippen LogP contribution >= 0.6 is 11.3 Å². The number of thiophene rings is 1. The quantitative estimate of drug-likeness (QED) is 0.178. The molecule has 3 heterocycles. The van der Waals surface area contributed by atoms with E-state index in [-0.39, 0.29) is 0 Å². The predicted octanol–water partition coefficient (Wildman–Crippen LogP) is 13.6. The van der Waals surface area contributed by atoms with Crippen molar-refractivity contribution in [3.8, 4) is 22.3 Å². The molecule has 0 atom stereocenters. The van der Waals surface area contributed by atoms with E-state index in [1.807, 2.05) is 6.07 Å². The topological polar surface area (TPSA) is 7.65 Å². The van der Waals surface area contributed by atoms with Gasteiger partial charge in [0.2, 0.25) is 0 Å². The van der Waals surface area contributed by atoms with E-state index in [1.165, 1.54) is 75.8 Å². The third kappa shape index (κ3) is 4.18. The SMILES string of the molecule is c1ccc2c(c#1)sc1cccc(N(c3cc(-c4ccccc4)cc(-c4ccccc4)c3)c3cccc4c3c3cccc5c6ccccc6n4c53)c12. The van der Waals surface area contributed by atoms with E-state index >= 15 is 0 Å². The third-order valence-electron chi connectivity index (χ3n) is 10.3. The molecule has 0 aliphatic rings. The van der Waals surface area contributed by atoms with Gasteiger partial charge in [0.1, 0.15) is 0 Å². The van der Waals surface area contributed by atoms with Gasteiger partial charge in [-0.2, -0.15) is 0 Å². The van der Waals surface area contributed by atoms with E-state index in [1.54, 1.807) is 11.3 Å². The van der Waals surface area contributed by atoms with Gasteiger partial charge in [0.25, 0.3) is 0 Å². The molecule has 3 aromatic heterocycles. The Morgan fingerprint density at radius 2 is 1.10 bits per heavy atom. The first-order chi connectivity index (χ1) is 25.3. The van der Waals surface area contributed by atoms with Crippen LogP contribution in [0.2, 0.25) is 0 Å². The zero-order chi connectivity index (χ0) is 33.5. The summed E-state index contributed by atoms with van der Waals surface area (Å²) in [5.74, 6) is 0. The first-order valence-corrected chi connectivity index (χ1v) is 18.1. The van der Waals surface area contributed by atoms with Gasteiger partial charge in [-0.05, 0) is 82.9 Å². The highest BCUT2D eigenvalue weighted by Crippen LogP contribution is 2.50. The smallest absolute Gasteiger partial charge is 0.0857 e. The van der Waals surface area contributed by atoms with Crippen LogP contribution in [0.25, 0.3) is 80.5 Å². The first-order valence-electron chi connectivity index (χ1n) is 17.3. The van der Waals surface area contributed by atoms with E-state index in [0.717, 1.165) is 21.8 Å². The highest BCUT2D eigenvalue weighted by atomic mass is 32.1. The fraction of sp³-hybridized carbons (Fsp3) is 0. The van der Waals surface area contributed by atoms with Crippen LogP contribution in [0.4, 0.5) is 17.1 Å². The van der Waals surface area contributed by atoms with Crippen LogP contribution in [0.5, 0.6) is 0 Å². The molecule has 0 amide bonds. The van der Waals surface area contributed by atoms with Gasteiger partial charge in [-0.25, -0.2) is 0 Å². The van der Waals surface area contributed by atoms with Crippen LogP contribution in [-0.2, 0) is 0 Å². The zero-order valence-electron chi connectivity index (χ0n) is 27.5. The van der Waals surface area contributed by atoms with Crippen LogP contribution in [-0.4, -0.2) is 4.40 Å². The minimum atomic E-state index is 1.11. The number of aromatic nitrogens is 1. The fourth-order valence-corrected chi connectivity index (χ4v) is 9.29. The summed E-state index contributed by atoms with van der Waals surface area (Å²) in [6.45, 7) is 0. The highest BCUT2D eigenvalue weighted by Gasteiger charge is 2.25. The van der Waals surface area contributed by atoms with E-state index in [4.69, 9.17) is 0 Å². The van der Waals surface area contributed by atoms with Crippen LogP contribution in [0.3, 0.4) is 0 Å². The average Bonchev–Trinajstić information content (AvgIpc) is 3.87. The van der Waals surface area contributed by atoms with Crippen molar-refractivity contribution in [2.24, 2.45) is 0 Å². The molecule has 0 saturated carbocycles. The zero-order valence-corrected chi connectivity index (χ0v) is 28.3. The maximum atomic E-state index is 3.40. The molecule has 0 saturated heterocycles. The lowest BCUT2D eigenvalue weighted by atomic mass is 9.96. The average molecular weight is 665 g/mol. The Bertz CT molecular complexity index is 3020. The van der Waals surface area contributed by atoms with Crippen molar-refractivity contribution in [3.05, 3.63) is 182 Å². The predicted molar refractivity (Wildman–Crippen MR) is 217 cm³/mol. The van der Waals surface area contributed by atoms with E-state index in [9.17, 15) is 0 Å². The molecule has 11 aromatic rings. The summed E-state index contributed by atoms with van der Waals surface area (Å²) < 4.78 is 4.82. The number of fused-ring (bicyclic) bond motifs is 9. The Morgan fingerprint density at radius 1 is 0.471 bits per heavy atom. The maximum Gasteiger partial charge on any atom is 0.0857 e. The molecule has 11 rings (SSSR count). The third-order valence-corrected chi connectivity index (χ3v) is 11.4. The lowest BCUT2D eigenvalue weighted by molar-refractivity contribution is 1.31. The molecule has 0 fully saturated rings. The van der Waals surface area contributed by atoms with Gasteiger partial charge in [-0.15, -0.1) is 11.3 Å². The summed E-state index contributed by atoms with van der Waals surface area (Å²) >= 11 is 1.78. The van der Waals surface area contributed by atoms with Crippen LogP contribution in [0.1, 0.15) is 0 Å².